The number of nitrogens with one attached hydrogen (secondary N) is 3. The summed E-state index contributed by atoms with van der Waals surface area (Å²) in [5, 5.41) is 40.4. The van der Waals surface area contributed by atoms with Crippen LogP contribution < -0.4 is 25.5 Å². The van der Waals surface area contributed by atoms with Crippen molar-refractivity contribution >= 4 is 39.8 Å². The molecule has 1 aliphatic rings. The van der Waals surface area contributed by atoms with Crippen LogP contribution >= 0.6 is 15.9 Å². The Morgan fingerprint density at radius 3 is 2.72 bits per heavy atom. The standard InChI is InChI=1S/C24H26BrN5O9/c1-4-38-18-8-13(21-20(23(33)37-3)12(2)27-24(34)28-21)5-6-17(18)39-11-19(31)29-26-10-14-7-15(30(35)36)9-16(25)22(14)32/h5-10,19,21,29,31-32H,4,11H2,1-3H3,(H2,27,28,34)/b26-10+/t19-,21+/m1/s1. The number of rotatable bonds is 11. The topological polar surface area (TPSA) is 194 Å². The highest BCUT2D eigenvalue weighted by Gasteiger charge is 2.32. The van der Waals surface area contributed by atoms with E-state index in [4.69, 9.17) is 14.2 Å². The van der Waals surface area contributed by atoms with E-state index in [1.54, 1.807) is 32.0 Å². The van der Waals surface area contributed by atoms with Crippen LogP contribution in [0.2, 0.25) is 0 Å². The molecule has 5 N–H and O–H groups in total. The number of hydrogen-bond donors (Lipinski definition) is 5. The van der Waals surface area contributed by atoms with Crippen LogP contribution in [-0.2, 0) is 9.53 Å². The molecule has 0 radical (unpaired) electrons. The van der Waals surface area contributed by atoms with Crippen LogP contribution in [0.15, 0.2) is 51.2 Å². The number of halogens is 1. The van der Waals surface area contributed by atoms with Crippen LogP contribution in [-0.4, -0.2) is 59.9 Å². The maximum Gasteiger partial charge on any atom is 0.337 e. The number of ether oxygens (including phenoxy) is 3. The molecule has 0 aromatic heterocycles. The van der Waals surface area contributed by atoms with Gasteiger partial charge in [0.05, 0.1) is 40.9 Å². The number of nitro groups is 1. The molecule has 208 valence electrons. The van der Waals surface area contributed by atoms with Crippen LogP contribution in [0.5, 0.6) is 17.2 Å². The zero-order chi connectivity index (χ0) is 28.7. The molecule has 2 amide bonds. The number of aromatic hydroxyl groups is 1. The summed E-state index contributed by atoms with van der Waals surface area (Å²) in [5.41, 5.74) is 3.30. The van der Waals surface area contributed by atoms with Crippen molar-refractivity contribution in [2.75, 3.05) is 20.3 Å². The van der Waals surface area contributed by atoms with Crippen molar-refractivity contribution in [1.29, 1.82) is 0 Å². The van der Waals surface area contributed by atoms with Crippen molar-refractivity contribution in [3.8, 4) is 17.2 Å². The zero-order valence-corrected chi connectivity index (χ0v) is 22.6. The molecule has 2 atom stereocenters. The molecular weight excluding hydrogens is 582 g/mol. The second-order valence-electron chi connectivity index (χ2n) is 8.04. The molecule has 14 nitrogen and oxygen atoms in total. The summed E-state index contributed by atoms with van der Waals surface area (Å²) in [7, 11) is 1.24. The lowest BCUT2D eigenvalue weighted by molar-refractivity contribution is -0.385. The summed E-state index contributed by atoms with van der Waals surface area (Å²) in [6.45, 7) is 3.36. The lowest BCUT2D eigenvalue weighted by Gasteiger charge is -2.28. The van der Waals surface area contributed by atoms with E-state index in [0.29, 0.717) is 17.0 Å². The lowest BCUT2D eigenvalue weighted by Crippen LogP contribution is -2.45. The van der Waals surface area contributed by atoms with E-state index in [2.05, 4.69) is 37.1 Å². The number of phenolic OH excluding ortho intramolecular Hbond substituents is 1. The van der Waals surface area contributed by atoms with Crippen molar-refractivity contribution in [3.63, 3.8) is 0 Å². The third-order valence-electron chi connectivity index (χ3n) is 5.39. The molecule has 0 bridgehead atoms. The maximum absolute atomic E-state index is 12.4. The van der Waals surface area contributed by atoms with Gasteiger partial charge in [-0.3, -0.25) is 15.5 Å². The number of nitro benzene ring substituents is 1. The highest BCUT2D eigenvalue weighted by molar-refractivity contribution is 9.10. The van der Waals surface area contributed by atoms with Crippen LogP contribution in [0, 0.1) is 10.1 Å². The predicted octanol–water partition coefficient (Wildman–Crippen LogP) is 2.58. The van der Waals surface area contributed by atoms with E-state index in [-0.39, 0.29) is 46.0 Å². The number of esters is 1. The molecule has 0 aliphatic carbocycles. The average Bonchev–Trinajstić information content (AvgIpc) is 2.89. The second-order valence-corrected chi connectivity index (χ2v) is 8.89. The number of hydrazone groups is 1. The highest BCUT2D eigenvalue weighted by atomic mass is 79.9. The van der Waals surface area contributed by atoms with Gasteiger partial charge in [0.2, 0.25) is 0 Å². The molecule has 0 spiro atoms. The largest absolute Gasteiger partial charge is 0.506 e. The SMILES string of the molecule is CCOc1cc([C@@H]2NC(=O)NC(C)=C2C(=O)OC)ccc1OC[C@@H](O)N/N=C/c1cc([N+](=O)[O-])cc(Br)c1O. The van der Waals surface area contributed by atoms with Gasteiger partial charge in [-0.15, -0.1) is 0 Å². The summed E-state index contributed by atoms with van der Waals surface area (Å²) in [6, 6.07) is 5.79. The molecule has 3 rings (SSSR count). The first-order valence-electron chi connectivity index (χ1n) is 11.4. The Labute approximate surface area is 230 Å². The van der Waals surface area contributed by atoms with E-state index in [9.17, 15) is 29.9 Å². The average molecular weight is 608 g/mol. The number of benzene rings is 2. The summed E-state index contributed by atoms with van der Waals surface area (Å²) in [4.78, 5) is 34.8. The molecule has 2 aromatic rings. The van der Waals surface area contributed by atoms with Gasteiger partial charge in [-0.25, -0.2) is 9.59 Å². The number of non-ortho nitro benzene ring substituents is 1. The Morgan fingerprint density at radius 2 is 2.05 bits per heavy atom. The number of aliphatic hydroxyl groups excluding tert-OH is 1. The van der Waals surface area contributed by atoms with Crippen LogP contribution in [0.3, 0.4) is 0 Å². The first-order chi connectivity index (χ1) is 18.5. The van der Waals surface area contributed by atoms with Gasteiger partial charge in [0.25, 0.3) is 5.69 Å². The normalized spacial score (nSPS) is 15.8. The van der Waals surface area contributed by atoms with Crippen molar-refractivity contribution in [2.24, 2.45) is 5.10 Å². The minimum Gasteiger partial charge on any atom is -0.506 e. The van der Waals surface area contributed by atoms with Crippen LogP contribution in [0.1, 0.15) is 31.0 Å². The number of aliphatic hydroxyl groups is 1. The summed E-state index contributed by atoms with van der Waals surface area (Å²) in [6.07, 6.45) is -0.196. The molecule has 39 heavy (non-hydrogen) atoms. The first kappa shape index (κ1) is 29.2. The van der Waals surface area contributed by atoms with Gasteiger partial charge in [0.15, 0.2) is 17.7 Å². The maximum atomic E-state index is 12.4. The van der Waals surface area contributed by atoms with Gasteiger partial charge in [0, 0.05) is 23.4 Å². The summed E-state index contributed by atoms with van der Waals surface area (Å²) < 4.78 is 16.3. The summed E-state index contributed by atoms with van der Waals surface area (Å²) in [5.74, 6) is -0.300. The third kappa shape index (κ3) is 7.14. The zero-order valence-electron chi connectivity index (χ0n) is 21.1. The fourth-order valence-corrected chi connectivity index (χ4v) is 4.09. The number of allylic oxidation sites excluding steroid dienone is 1. The fraction of sp³-hybridized carbons (Fsp3) is 0.292. The Bertz CT molecular complexity index is 1330. The van der Waals surface area contributed by atoms with E-state index in [0.717, 1.165) is 18.3 Å². The number of hydrogen-bond acceptors (Lipinski definition) is 11. The molecule has 15 heteroatoms. The van der Waals surface area contributed by atoms with E-state index in [1.165, 1.54) is 7.11 Å². The number of carbonyl (C=O) groups is 2. The van der Waals surface area contributed by atoms with Gasteiger partial charge in [0.1, 0.15) is 12.4 Å². The number of methoxy groups -OCH3 is 1. The third-order valence-corrected chi connectivity index (χ3v) is 5.99. The lowest BCUT2D eigenvalue weighted by atomic mass is 9.95. The van der Waals surface area contributed by atoms with Crippen LogP contribution in [0.25, 0.3) is 0 Å². The Kier molecular flexibility index (Phi) is 9.68. The highest BCUT2D eigenvalue weighted by Crippen LogP contribution is 2.35. The molecule has 1 aliphatic heterocycles. The predicted molar refractivity (Wildman–Crippen MR) is 141 cm³/mol. The number of carbonyl (C=O) groups excluding carboxylic acids is 2. The van der Waals surface area contributed by atoms with Gasteiger partial charge < -0.3 is 35.1 Å². The Hall–Kier alpha value is -4.37. The molecular formula is C24H26BrN5O9. The Morgan fingerprint density at radius 1 is 1.31 bits per heavy atom. The Balaban J connectivity index is 1.72. The molecule has 0 fully saturated rings. The van der Waals surface area contributed by atoms with Crippen molar-refractivity contribution in [3.05, 3.63) is 67.3 Å². The minimum absolute atomic E-state index is 0.0477. The van der Waals surface area contributed by atoms with Crippen molar-refractivity contribution in [1.82, 2.24) is 16.1 Å². The molecule has 2 aromatic carbocycles. The molecule has 0 unspecified atom stereocenters. The number of phenols is 1. The smallest absolute Gasteiger partial charge is 0.337 e. The van der Waals surface area contributed by atoms with Crippen LogP contribution in [0.4, 0.5) is 10.5 Å². The van der Waals surface area contributed by atoms with Gasteiger partial charge in [-0.05, 0) is 47.5 Å². The monoisotopic (exact) mass is 607 g/mol. The second kappa shape index (κ2) is 12.9. The first-order valence-corrected chi connectivity index (χ1v) is 12.2. The minimum atomic E-state index is -1.31. The number of amides is 2. The molecule has 0 saturated heterocycles. The van der Waals surface area contributed by atoms with Gasteiger partial charge in [-0.1, -0.05) is 6.07 Å². The fourth-order valence-electron chi connectivity index (χ4n) is 3.62. The van der Waals surface area contributed by atoms with Crippen molar-refractivity contribution < 1.29 is 38.9 Å². The number of urea groups is 1. The number of nitrogens with zero attached hydrogens (tertiary/aromatic N) is 2. The summed E-state index contributed by atoms with van der Waals surface area (Å²) >= 11 is 3.04. The van der Waals surface area contributed by atoms with E-state index < -0.39 is 29.2 Å². The van der Waals surface area contributed by atoms with E-state index in [1.807, 2.05) is 0 Å². The molecule has 0 saturated carbocycles. The molecule has 1 heterocycles. The van der Waals surface area contributed by atoms with Crippen molar-refractivity contribution in [2.45, 2.75) is 26.1 Å². The van der Waals surface area contributed by atoms with Gasteiger partial charge in [-0.2, -0.15) is 5.10 Å². The van der Waals surface area contributed by atoms with Gasteiger partial charge >= 0.3 is 12.0 Å². The van der Waals surface area contributed by atoms with E-state index >= 15 is 0 Å². The quantitative estimate of drug-likeness (QED) is 0.0832.